The lowest BCUT2D eigenvalue weighted by Crippen LogP contribution is -2.17. The third kappa shape index (κ3) is 4.66. The van der Waals surface area contributed by atoms with Gasteiger partial charge in [-0.25, -0.2) is 4.98 Å². The van der Waals surface area contributed by atoms with E-state index in [0.29, 0.717) is 27.4 Å². The van der Waals surface area contributed by atoms with Crippen LogP contribution in [0.15, 0.2) is 62.3 Å². The van der Waals surface area contributed by atoms with Gasteiger partial charge in [0.25, 0.3) is 0 Å². The van der Waals surface area contributed by atoms with Gasteiger partial charge < -0.3 is 5.11 Å². The van der Waals surface area contributed by atoms with Gasteiger partial charge in [0.15, 0.2) is 0 Å². The van der Waals surface area contributed by atoms with E-state index in [4.69, 9.17) is 11.6 Å². The van der Waals surface area contributed by atoms with E-state index in [9.17, 15) is 23.1 Å². The summed E-state index contributed by atoms with van der Waals surface area (Å²) in [5, 5.41) is 21.7. The molecule has 0 unspecified atom stereocenters. The lowest BCUT2D eigenvalue weighted by molar-refractivity contribution is -0.138. The molecule has 2 aromatic carbocycles. The van der Waals surface area contributed by atoms with Crippen molar-refractivity contribution in [1.29, 1.82) is 0 Å². The maximum Gasteiger partial charge on any atom is 0.416 e. The van der Waals surface area contributed by atoms with Gasteiger partial charge in [-0.3, -0.25) is 9.36 Å². The third-order valence-electron chi connectivity index (χ3n) is 5.43. The fraction of sp³-hybridized carbons (Fsp3) is 0.130. The highest BCUT2D eigenvalue weighted by molar-refractivity contribution is 7.10. The van der Waals surface area contributed by atoms with E-state index >= 15 is 0 Å². The Morgan fingerprint density at radius 3 is 2.74 bits per heavy atom. The molecule has 0 bridgehead atoms. The molecule has 35 heavy (non-hydrogen) atoms. The monoisotopic (exact) mass is 534 g/mol. The van der Waals surface area contributed by atoms with E-state index in [0.717, 1.165) is 22.0 Å². The van der Waals surface area contributed by atoms with E-state index in [1.54, 1.807) is 29.1 Å². The lowest BCUT2D eigenvalue weighted by Gasteiger charge is -2.15. The molecule has 6 nitrogen and oxygen atoms in total. The minimum Gasteiger partial charge on any atom is -0.493 e. The standard InChI is InChI=1S/C23H14ClF3N4O2S2/c24-15-3-1-13(18(7-15)23(25,26)27)6-17(12-2-4-19-14(5-12)8-29-30-19)20-21(32)31(22(33)35-20)9-16-10-34-11-28-16/h1-5,7-8,10-11,32H,6,9H2. The highest BCUT2D eigenvalue weighted by Crippen LogP contribution is 2.37. The number of benzene rings is 2. The van der Waals surface area contributed by atoms with Crippen LogP contribution >= 0.6 is 34.3 Å². The molecule has 0 amide bonds. The summed E-state index contributed by atoms with van der Waals surface area (Å²) in [5.41, 5.74) is 2.32. The van der Waals surface area contributed by atoms with Gasteiger partial charge in [0, 0.05) is 22.4 Å². The summed E-state index contributed by atoms with van der Waals surface area (Å²) < 4.78 is 42.6. The average molecular weight is 535 g/mol. The Kier molecular flexibility index (Phi) is 6.07. The summed E-state index contributed by atoms with van der Waals surface area (Å²) in [6, 6.07) is 8.66. The van der Waals surface area contributed by atoms with Crippen molar-refractivity contribution in [3.05, 3.63) is 99.8 Å². The van der Waals surface area contributed by atoms with Gasteiger partial charge >= 0.3 is 11.0 Å². The van der Waals surface area contributed by atoms with Crippen LogP contribution in [0, 0.1) is 0 Å². The van der Waals surface area contributed by atoms with Crippen LogP contribution < -0.4 is 15.4 Å². The number of alkyl halides is 3. The quantitative estimate of drug-likeness (QED) is 0.417. The molecule has 4 aromatic rings. The number of thiazole rings is 2. The first kappa shape index (κ1) is 23.5. The molecule has 3 heterocycles. The molecule has 0 saturated heterocycles. The number of halogens is 4. The predicted molar refractivity (Wildman–Crippen MR) is 129 cm³/mol. The van der Waals surface area contributed by atoms with E-state index in [-0.39, 0.29) is 34.3 Å². The Bertz CT molecular complexity index is 1640. The maximum atomic E-state index is 13.8. The molecule has 1 N–H and O–H groups in total. The predicted octanol–water partition coefficient (Wildman–Crippen LogP) is 4.20. The van der Waals surface area contributed by atoms with Gasteiger partial charge in [0.1, 0.15) is 0 Å². The van der Waals surface area contributed by atoms with Crippen LogP contribution in [-0.4, -0.2) is 20.9 Å². The van der Waals surface area contributed by atoms with Crippen molar-refractivity contribution in [3.63, 3.8) is 0 Å². The largest absolute Gasteiger partial charge is 0.493 e. The maximum absolute atomic E-state index is 13.8. The topological polar surface area (TPSA) is 79.8 Å². The molecular formula is C23H14ClF3N4O2S2. The van der Waals surface area contributed by atoms with E-state index < -0.39 is 16.6 Å². The molecule has 178 valence electrons. The first-order valence-electron chi connectivity index (χ1n) is 10.1. The molecule has 5 rings (SSSR count). The van der Waals surface area contributed by atoms with Gasteiger partial charge in [-0.05, 0) is 40.6 Å². The normalized spacial score (nSPS) is 13.6. The van der Waals surface area contributed by atoms with Crippen molar-refractivity contribution >= 4 is 46.1 Å². The first-order chi connectivity index (χ1) is 16.7. The molecular weight excluding hydrogens is 521 g/mol. The Morgan fingerprint density at radius 2 is 2.00 bits per heavy atom. The summed E-state index contributed by atoms with van der Waals surface area (Å²) in [6.07, 6.45) is -3.31. The van der Waals surface area contributed by atoms with Crippen molar-refractivity contribution in [2.45, 2.75) is 19.1 Å². The van der Waals surface area contributed by atoms with Crippen molar-refractivity contribution in [2.75, 3.05) is 0 Å². The zero-order chi connectivity index (χ0) is 24.7. The van der Waals surface area contributed by atoms with Crippen LogP contribution in [0.3, 0.4) is 0 Å². The molecule has 0 saturated carbocycles. The Balaban J connectivity index is 1.71. The first-order valence-corrected chi connectivity index (χ1v) is 12.2. The van der Waals surface area contributed by atoms with Crippen molar-refractivity contribution < 1.29 is 18.3 Å². The van der Waals surface area contributed by atoms with E-state index in [1.165, 1.54) is 29.7 Å². The fourth-order valence-corrected chi connectivity index (χ4v) is 5.44. The molecule has 0 spiro atoms. The second-order valence-electron chi connectivity index (χ2n) is 7.66. The second-order valence-corrected chi connectivity index (χ2v) is 9.78. The number of aromatic nitrogens is 2. The molecule has 0 atom stereocenters. The van der Waals surface area contributed by atoms with Gasteiger partial charge in [-0.2, -0.15) is 23.4 Å². The lowest BCUT2D eigenvalue weighted by atomic mass is 9.96. The van der Waals surface area contributed by atoms with Crippen LogP contribution in [0.4, 0.5) is 13.2 Å². The van der Waals surface area contributed by atoms with Crippen LogP contribution in [-0.2, 0) is 19.1 Å². The van der Waals surface area contributed by atoms with Gasteiger partial charge in [0.2, 0.25) is 5.88 Å². The number of hydrogen-bond donors (Lipinski definition) is 1. The summed E-state index contributed by atoms with van der Waals surface area (Å²) >= 11 is 7.97. The number of aromatic hydroxyl groups is 1. The minimum atomic E-state index is -4.64. The zero-order valence-electron chi connectivity index (χ0n) is 17.6. The summed E-state index contributed by atoms with van der Waals surface area (Å²) in [6.45, 7) is 0.0441. The molecule has 1 aliphatic heterocycles. The van der Waals surface area contributed by atoms with Gasteiger partial charge in [-0.15, -0.1) is 11.3 Å². The SMILES string of the molecule is O=c1sc(C(Cc2ccc(Cl)cc2C(F)(F)F)=c2ccc3c(c2)C=NN=3)c(O)n1Cc1cscn1. The minimum absolute atomic E-state index is 0.0398. The second kappa shape index (κ2) is 9.06. The number of fused-ring (bicyclic) bond motifs is 1. The Hall–Kier alpha value is -3.28. The highest BCUT2D eigenvalue weighted by atomic mass is 35.5. The molecule has 0 fully saturated rings. The van der Waals surface area contributed by atoms with Crippen LogP contribution in [0.2, 0.25) is 5.02 Å². The van der Waals surface area contributed by atoms with E-state index in [2.05, 4.69) is 15.2 Å². The summed E-state index contributed by atoms with van der Waals surface area (Å²) in [7, 11) is 0. The van der Waals surface area contributed by atoms with Crippen molar-refractivity contribution in [2.24, 2.45) is 10.2 Å². The van der Waals surface area contributed by atoms with Crippen LogP contribution in [0.1, 0.15) is 27.3 Å². The molecule has 12 heteroatoms. The third-order valence-corrected chi connectivity index (χ3v) is 7.33. The van der Waals surface area contributed by atoms with Crippen molar-refractivity contribution in [3.8, 4) is 5.88 Å². The molecule has 0 radical (unpaired) electrons. The smallest absolute Gasteiger partial charge is 0.416 e. The average Bonchev–Trinajstić information content (AvgIpc) is 3.55. The Labute approximate surface area is 208 Å². The van der Waals surface area contributed by atoms with Crippen molar-refractivity contribution in [1.82, 2.24) is 9.55 Å². The van der Waals surface area contributed by atoms with Crippen LogP contribution in [0.25, 0.3) is 5.57 Å². The molecule has 1 aliphatic rings. The number of hydrogen-bond acceptors (Lipinski definition) is 7. The highest BCUT2D eigenvalue weighted by Gasteiger charge is 2.34. The van der Waals surface area contributed by atoms with Gasteiger partial charge in [0.05, 0.1) is 39.8 Å². The fourth-order valence-electron chi connectivity index (χ4n) is 3.77. The van der Waals surface area contributed by atoms with Gasteiger partial charge in [-0.1, -0.05) is 35.1 Å². The number of nitrogens with zero attached hydrogens (tertiary/aromatic N) is 4. The summed E-state index contributed by atoms with van der Waals surface area (Å²) in [4.78, 5) is 16.7. The van der Waals surface area contributed by atoms with E-state index in [1.807, 2.05) is 0 Å². The zero-order valence-corrected chi connectivity index (χ0v) is 20.0. The summed E-state index contributed by atoms with van der Waals surface area (Å²) in [5.74, 6) is -0.329. The van der Waals surface area contributed by atoms with Crippen LogP contribution in [0.5, 0.6) is 5.88 Å². The number of rotatable bonds is 5. The molecule has 2 aromatic heterocycles. The molecule has 0 aliphatic carbocycles. The Morgan fingerprint density at radius 1 is 1.17 bits per heavy atom.